The standard InChI is InChI=1S/C14H21N5O2S/c15-13(16)17-8-4-7-11(12(20)21)19-14(22)18-9-10-5-2-1-3-6-10/h1-3,5-6,11H,4,7-9H2,(H,20,21)(H4,15,16,17)(H2,18,19,22)/t11-/m1/s1. The molecule has 8 heteroatoms. The summed E-state index contributed by atoms with van der Waals surface area (Å²) in [6.07, 6.45) is 0.903. The number of rotatable bonds is 8. The van der Waals surface area contributed by atoms with Crippen molar-refractivity contribution in [3.8, 4) is 0 Å². The highest BCUT2D eigenvalue weighted by Crippen LogP contribution is 1.98. The predicted octanol–water partition coefficient (Wildman–Crippen LogP) is -3.10. The molecule has 0 saturated heterocycles. The van der Waals surface area contributed by atoms with Gasteiger partial charge in [-0.15, -0.1) is 0 Å². The number of aliphatic carboxylic acids is 1. The van der Waals surface area contributed by atoms with Gasteiger partial charge in [0.1, 0.15) is 0 Å². The average Bonchev–Trinajstić information content (AvgIpc) is 2.48. The van der Waals surface area contributed by atoms with Crippen molar-refractivity contribution < 1.29 is 14.9 Å². The van der Waals surface area contributed by atoms with Crippen LogP contribution in [-0.4, -0.2) is 29.6 Å². The first-order valence-electron chi connectivity index (χ1n) is 6.90. The summed E-state index contributed by atoms with van der Waals surface area (Å²) in [5.41, 5.74) is 11.6. The topological polar surface area (TPSA) is 130 Å². The Kier molecular flexibility index (Phi) is 7.69. The molecule has 0 amide bonds. The Balaban J connectivity index is 2.37. The Bertz CT molecular complexity index is 517. The molecule has 0 fully saturated rings. The minimum atomic E-state index is -1.20. The summed E-state index contributed by atoms with van der Waals surface area (Å²) in [4.78, 5) is 13.8. The summed E-state index contributed by atoms with van der Waals surface area (Å²) in [7, 11) is 0. The normalized spacial score (nSPS) is 11.3. The molecular weight excluding hydrogens is 302 g/mol. The first-order chi connectivity index (χ1) is 10.5. The number of hydrogen-bond acceptors (Lipinski definition) is 3. The molecule has 0 aliphatic rings. The Morgan fingerprint density at radius 1 is 1.32 bits per heavy atom. The number of carboxylic acid groups (broad SMARTS) is 1. The van der Waals surface area contributed by atoms with Gasteiger partial charge in [-0.2, -0.15) is 0 Å². The number of hydrogen-bond donors (Lipinski definition) is 5. The zero-order valence-electron chi connectivity index (χ0n) is 12.2. The molecule has 0 saturated carbocycles. The van der Waals surface area contributed by atoms with Crippen molar-refractivity contribution in [2.24, 2.45) is 11.5 Å². The molecule has 0 unspecified atom stereocenters. The van der Waals surface area contributed by atoms with Crippen LogP contribution in [0.15, 0.2) is 30.3 Å². The van der Waals surface area contributed by atoms with Crippen LogP contribution in [0, 0.1) is 0 Å². The maximum Gasteiger partial charge on any atom is 0.338 e. The molecule has 0 spiro atoms. The molecule has 0 aliphatic heterocycles. The van der Waals surface area contributed by atoms with Crippen LogP contribution in [-0.2, 0) is 11.3 Å². The van der Waals surface area contributed by atoms with Gasteiger partial charge in [-0.3, -0.25) is 16.5 Å². The van der Waals surface area contributed by atoms with Gasteiger partial charge in [0.2, 0.25) is 0 Å². The molecule has 1 aromatic rings. The molecule has 0 aromatic heterocycles. The second kappa shape index (κ2) is 9.56. The predicted molar refractivity (Wildman–Crippen MR) is 86.3 cm³/mol. The molecular formula is C14H21N5O2S. The molecule has 0 radical (unpaired) electrons. The molecule has 120 valence electrons. The summed E-state index contributed by atoms with van der Waals surface area (Å²) in [5, 5.41) is 17.1. The summed E-state index contributed by atoms with van der Waals surface area (Å²) in [6.45, 7) is 1.00. The summed E-state index contributed by atoms with van der Waals surface area (Å²) in [6, 6.07) is 8.80. The summed E-state index contributed by atoms with van der Waals surface area (Å²) in [5.74, 6) is -1.09. The number of nitrogens with one attached hydrogen (secondary N) is 3. The van der Waals surface area contributed by atoms with E-state index in [-0.39, 0.29) is 11.1 Å². The maximum atomic E-state index is 11.1. The van der Waals surface area contributed by atoms with Crippen LogP contribution >= 0.6 is 12.2 Å². The van der Waals surface area contributed by atoms with Crippen LogP contribution < -0.4 is 32.2 Å². The average molecular weight is 323 g/mol. The Morgan fingerprint density at radius 2 is 2.00 bits per heavy atom. The van der Waals surface area contributed by atoms with Crippen LogP contribution in [0.4, 0.5) is 0 Å². The molecule has 1 aromatic carbocycles. The van der Waals surface area contributed by atoms with E-state index in [1.165, 1.54) is 0 Å². The highest BCUT2D eigenvalue weighted by atomic mass is 32.1. The summed E-state index contributed by atoms with van der Waals surface area (Å²) >= 11 is 5.10. The van der Waals surface area contributed by atoms with Gasteiger partial charge in [0.25, 0.3) is 0 Å². The van der Waals surface area contributed by atoms with Gasteiger partial charge in [-0.25, -0.2) is 0 Å². The van der Waals surface area contributed by atoms with Crippen molar-refractivity contribution in [3.05, 3.63) is 35.9 Å². The lowest BCUT2D eigenvalue weighted by Gasteiger charge is -2.21. The number of nitrogens with two attached hydrogens (primary N) is 2. The highest BCUT2D eigenvalue weighted by Gasteiger charge is 2.11. The minimum Gasteiger partial charge on any atom is -0.548 e. The third-order valence-electron chi connectivity index (χ3n) is 2.88. The number of guanidine groups is 1. The van der Waals surface area contributed by atoms with Gasteiger partial charge in [0.15, 0.2) is 5.11 Å². The van der Waals surface area contributed by atoms with E-state index >= 15 is 0 Å². The smallest absolute Gasteiger partial charge is 0.338 e. The first-order valence-corrected chi connectivity index (χ1v) is 7.30. The van der Waals surface area contributed by atoms with E-state index in [1.54, 1.807) is 0 Å². The molecule has 0 aliphatic carbocycles. The third-order valence-corrected chi connectivity index (χ3v) is 3.15. The first kappa shape index (κ1) is 17.7. The van der Waals surface area contributed by atoms with Crippen molar-refractivity contribution in [2.45, 2.75) is 25.4 Å². The van der Waals surface area contributed by atoms with Crippen molar-refractivity contribution in [2.75, 3.05) is 6.54 Å². The Hall–Kier alpha value is -2.35. The monoisotopic (exact) mass is 323 g/mol. The third kappa shape index (κ3) is 7.44. The molecule has 22 heavy (non-hydrogen) atoms. The lowest BCUT2D eigenvalue weighted by molar-refractivity contribution is -0.459. The van der Waals surface area contributed by atoms with Crippen LogP contribution in [0.25, 0.3) is 0 Å². The lowest BCUT2D eigenvalue weighted by Crippen LogP contribution is -2.78. The van der Waals surface area contributed by atoms with Crippen LogP contribution in [0.1, 0.15) is 18.4 Å². The largest absolute Gasteiger partial charge is 0.548 e. The van der Waals surface area contributed by atoms with Gasteiger partial charge in [-0.05, 0) is 30.6 Å². The van der Waals surface area contributed by atoms with Gasteiger partial charge < -0.3 is 20.5 Å². The Labute approximate surface area is 134 Å². The van der Waals surface area contributed by atoms with E-state index < -0.39 is 12.0 Å². The zero-order chi connectivity index (χ0) is 16.4. The maximum absolute atomic E-state index is 11.1. The van der Waals surface area contributed by atoms with E-state index in [2.05, 4.69) is 15.6 Å². The van der Waals surface area contributed by atoms with Crippen molar-refractivity contribution in [1.29, 1.82) is 0 Å². The van der Waals surface area contributed by atoms with E-state index in [4.69, 9.17) is 23.7 Å². The van der Waals surface area contributed by atoms with Gasteiger partial charge in [0.05, 0.1) is 18.6 Å². The fourth-order valence-corrected chi connectivity index (χ4v) is 1.99. The van der Waals surface area contributed by atoms with Crippen LogP contribution in [0.3, 0.4) is 0 Å². The highest BCUT2D eigenvalue weighted by molar-refractivity contribution is 7.80. The second-order valence-electron chi connectivity index (χ2n) is 4.71. The quantitative estimate of drug-likeness (QED) is 0.148. The van der Waals surface area contributed by atoms with Gasteiger partial charge >= 0.3 is 5.96 Å². The minimum absolute atomic E-state index is 0.109. The van der Waals surface area contributed by atoms with Crippen molar-refractivity contribution in [1.82, 2.24) is 10.6 Å². The summed E-state index contributed by atoms with van der Waals surface area (Å²) < 4.78 is 0. The molecule has 7 nitrogen and oxygen atoms in total. The van der Waals surface area contributed by atoms with Crippen molar-refractivity contribution in [3.63, 3.8) is 0 Å². The van der Waals surface area contributed by atoms with E-state index in [9.17, 15) is 9.90 Å². The molecule has 1 atom stereocenters. The van der Waals surface area contributed by atoms with E-state index in [0.717, 1.165) is 5.56 Å². The number of benzene rings is 1. The lowest BCUT2D eigenvalue weighted by atomic mass is 10.1. The number of carbonyl (C=O) groups excluding carboxylic acids is 1. The number of carboxylic acids is 1. The fourth-order valence-electron chi connectivity index (χ4n) is 1.78. The fraction of sp³-hybridized carbons (Fsp3) is 0.357. The number of carbonyl (C=O) groups is 1. The van der Waals surface area contributed by atoms with E-state index in [1.807, 2.05) is 30.3 Å². The van der Waals surface area contributed by atoms with Crippen LogP contribution in [0.5, 0.6) is 0 Å². The Morgan fingerprint density at radius 3 is 2.59 bits per heavy atom. The number of thiocarbonyl (C=S) groups is 1. The van der Waals surface area contributed by atoms with Crippen LogP contribution in [0.2, 0.25) is 0 Å². The molecule has 0 bridgehead atoms. The molecule has 7 N–H and O–H groups in total. The molecule has 1 rings (SSSR count). The van der Waals surface area contributed by atoms with Crippen molar-refractivity contribution >= 4 is 29.3 Å². The second-order valence-corrected chi connectivity index (χ2v) is 5.12. The SMILES string of the molecule is NC(N)=[NH+]CCC[C@@H](NC(=S)NCc1ccccc1)C(=O)[O-]. The molecule has 0 heterocycles. The zero-order valence-corrected chi connectivity index (χ0v) is 13.0. The van der Waals surface area contributed by atoms with Gasteiger partial charge in [0, 0.05) is 6.54 Å². The van der Waals surface area contributed by atoms with Gasteiger partial charge in [-0.1, -0.05) is 30.3 Å². The van der Waals surface area contributed by atoms with E-state index in [0.29, 0.717) is 25.9 Å².